The standard InChI is InChI=1S/C10H14O2/c1-8-2-4-10(11,6-8)9-3-5-12-7-9/h3,5,7-8,11H,2,4,6H2,1H3. The molecule has 1 aliphatic rings. The maximum atomic E-state index is 10.2. The van der Waals surface area contributed by atoms with Gasteiger partial charge in [0.2, 0.25) is 0 Å². The summed E-state index contributed by atoms with van der Waals surface area (Å²) in [5.41, 5.74) is 0.332. The molecule has 2 heteroatoms. The summed E-state index contributed by atoms with van der Waals surface area (Å²) in [6, 6.07) is 1.86. The Labute approximate surface area is 72.2 Å². The highest BCUT2D eigenvalue weighted by Crippen LogP contribution is 2.41. The molecular formula is C10H14O2. The quantitative estimate of drug-likeness (QED) is 0.694. The number of hydrogen-bond donors (Lipinski definition) is 1. The van der Waals surface area contributed by atoms with Gasteiger partial charge < -0.3 is 9.52 Å². The highest BCUT2D eigenvalue weighted by atomic mass is 16.3. The number of furan rings is 1. The normalized spacial score (nSPS) is 35.7. The summed E-state index contributed by atoms with van der Waals surface area (Å²) in [7, 11) is 0. The minimum absolute atomic E-state index is 0.605. The lowest BCUT2D eigenvalue weighted by atomic mass is 9.94. The zero-order valence-electron chi connectivity index (χ0n) is 7.29. The Morgan fingerprint density at radius 1 is 1.67 bits per heavy atom. The summed E-state index contributed by atoms with van der Waals surface area (Å²) in [6.45, 7) is 2.18. The lowest BCUT2D eigenvalue weighted by Gasteiger charge is -2.20. The number of aliphatic hydroxyl groups is 1. The Morgan fingerprint density at radius 2 is 2.50 bits per heavy atom. The first kappa shape index (κ1) is 7.87. The zero-order valence-corrected chi connectivity index (χ0v) is 7.29. The Kier molecular flexibility index (Phi) is 1.72. The maximum absolute atomic E-state index is 10.2. The van der Waals surface area contributed by atoms with Crippen molar-refractivity contribution in [2.45, 2.75) is 31.8 Å². The van der Waals surface area contributed by atoms with Crippen LogP contribution < -0.4 is 0 Å². The SMILES string of the molecule is CC1CCC(O)(c2ccoc2)C1. The van der Waals surface area contributed by atoms with Crippen LogP contribution in [0.4, 0.5) is 0 Å². The number of rotatable bonds is 1. The van der Waals surface area contributed by atoms with Gasteiger partial charge in [0, 0.05) is 5.56 Å². The first-order valence-electron chi connectivity index (χ1n) is 4.46. The van der Waals surface area contributed by atoms with Crippen molar-refractivity contribution >= 4 is 0 Å². The fraction of sp³-hybridized carbons (Fsp3) is 0.600. The van der Waals surface area contributed by atoms with E-state index in [-0.39, 0.29) is 0 Å². The van der Waals surface area contributed by atoms with E-state index in [1.54, 1.807) is 12.5 Å². The van der Waals surface area contributed by atoms with Crippen LogP contribution in [0.15, 0.2) is 23.0 Å². The summed E-state index contributed by atoms with van der Waals surface area (Å²) in [5.74, 6) is 0.630. The van der Waals surface area contributed by atoms with Gasteiger partial charge in [-0.25, -0.2) is 0 Å². The van der Waals surface area contributed by atoms with Crippen molar-refractivity contribution in [2.24, 2.45) is 5.92 Å². The van der Waals surface area contributed by atoms with Crippen molar-refractivity contribution in [3.8, 4) is 0 Å². The number of hydrogen-bond acceptors (Lipinski definition) is 2. The van der Waals surface area contributed by atoms with Crippen molar-refractivity contribution in [3.63, 3.8) is 0 Å². The highest BCUT2D eigenvalue weighted by molar-refractivity contribution is 5.17. The van der Waals surface area contributed by atoms with E-state index in [4.69, 9.17) is 4.42 Å². The van der Waals surface area contributed by atoms with E-state index in [1.165, 1.54) is 0 Å². The second-order valence-corrected chi connectivity index (χ2v) is 3.89. The molecule has 1 fully saturated rings. The van der Waals surface area contributed by atoms with Crippen molar-refractivity contribution in [3.05, 3.63) is 24.2 Å². The van der Waals surface area contributed by atoms with E-state index < -0.39 is 5.60 Å². The monoisotopic (exact) mass is 166 g/mol. The third-order valence-electron chi connectivity index (χ3n) is 2.80. The van der Waals surface area contributed by atoms with Gasteiger partial charge in [-0.15, -0.1) is 0 Å². The van der Waals surface area contributed by atoms with Crippen LogP contribution in [-0.4, -0.2) is 5.11 Å². The van der Waals surface area contributed by atoms with Gasteiger partial charge in [0.25, 0.3) is 0 Å². The summed E-state index contributed by atoms with van der Waals surface area (Å²) in [6.07, 6.45) is 6.12. The molecule has 0 radical (unpaired) electrons. The first-order valence-corrected chi connectivity index (χ1v) is 4.46. The van der Waals surface area contributed by atoms with Gasteiger partial charge in [0.05, 0.1) is 18.1 Å². The summed E-state index contributed by atoms with van der Waals surface area (Å²) >= 11 is 0. The molecule has 1 aliphatic carbocycles. The minimum atomic E-state index is -0.605. The molecule has 2 unspecified atom stereocenters. The van der Waals surface area contributed by atoms with Crippen molar-refractivity contribution < 1.29 is 9.52 Å². The van der Waals surface area contributed by atoms with Gasteiger partial charge in [-0.05, 0) is 31.2 Å². The van der Waals surface area contributed by atoms with Crippen molar-refractivity contribution in [1.29, 1.82) is 0 Å². The van der Waals surface area contributed by atoms with Gasteiger partial charge in [-0.3, -0.25) is 0 Å². The van der Waals surface area contributed by atoms with E-state index in [0.29, 0.717) is 5.92 Å². The molecule has 2 atom stereocenters. The molecule has 1 aromatic heterocycles. The third kappa shape index (κ3) is 1.16. The molecule has 0 spiro atoms. The molecule has 1 saturated carbocycles. The molecule has 2 rings (SSSR count). The Morgan fingerprint density at radius 3 is 3.00 bits per heavy atom. The molecule has 2 nitrogen and oxygen atoms in total. The molecule has 12 heavy (non-hydrogen) atoms. The molecule has 0 bridgehead atoms. The fourth-order valence-corrected chi connectivity index (χ4v) is 2.06. The smallest absolute Gasteiger partial charge is 0.0963 e. The van der Waals surface area contributed by atoms with Crippen LogP contribution in [0.1, 0.15) is 31.7 Å². The predicted octanol–water partition coefficient (Wildman–Crippen LogP) is 2.29. The first-order chi connectivity index (χ1) is 5.71. The zero-order chi connectivity index (χ0) is 8.60. The van der Waals surface area contributed by atoms with Gasteiger partial charge in [0.1, 0.15) is 0 Å². The molecule has 0 saturated heterocycles. The third-order valence-corrected chi connectivity index (χ3v) is 2.80. The van der Waals surface area contributed by atoms with E-state index >= 15 is 0 Å². The van der Waals surface area contributed by atoms with Gasteiger partial charge in [-0.2, -0.15) is 0 Å². The van der Waals surface area contributed by atoms with E-state index in [9.17, 15) is 5.11 Å². The highest BCUT2D eigenvalue weighted by Gasteiger charge is 2.37. The largest absolute Gasteiger partial charge is 0.472 e. The Hall–Kier alpha value is -0.760. The van der Waals surface area contributed by atoms with Crippen LogP contribution in [0.5, 0.6) is 0 Å². The lowest BCUT2D eigenvalue weighted by Crippen LogP contribution is -2.20. The Bertz CT molecular complexity index is 253. The summed E-state index contributed by atoms with van der Waals surface area (Å²) in [4.78, 5) is 0. The molecule has 1 N–H and O–H groups in total. The minimum Gasteiger partial charge on any atom is -0.472 e. The topological polar surface area (TPSA) is 33.4 Å². The van der Waals surface area contributed by atoms with Crippen LogP contribution in [0.3, 0.4) is 0 Å². The van der Waals surface area contributed by atoms with Crippen molar-refractivity contribution in [1.82, 2.24) is 0 Å². The predicted molar refractivity (Wildman–Crippen MR) is 45.6 cm³/mol. The van der Waals surface area contributed by atoms with Crippen LogP contribution in [0.25, 0.3) is 0 Å². The molecule has 0 aliphatic heterocycles. The summed E-state index contributed by atoms with van der Waals surface area (Å²) < 4.78 is 4.97. The molecular weight excluding hydrogens is 152 g/mol. The van der Waals surface area contributed by atoms with E-state index in [0.717, 1.165) is 24.8 Å². The lowest BCUT2D eigenvalue weighted by molar-refractivity contribution is 0.0402. The second kappa shape index (κ2) is 2.63. The molecule has 0 amide bonds. The molecule has 0 aromatic carbocycles. The fourth-order valence-electron chi connectivity index (χ4n) is 2.06. The van der Waals surface area contributed by atoms with Crippen LogP contribution in [-0.2, 0) is 5.60 Å². The van der Waals surface area contributed by atoms with Gasteiger partial charge in [0.15, 0.2) is 0 Å². The molecule has 1 aromatic rings. The van der Waals surface area contributed by atoms with Crippen LogP contribution in [0.2, 0.25) is 0 Å². The van der Waals surface area contributed by atoms with Crippen LogP contribution >= 0.6 is 0 Å². The summed E-state index contributed by atoms with van der Waals surface area (Å²) in [5, 5.41) is 10.2. The van der Waals surface area contributed by atoms with E-state index in [2.05, 4.69) is 6.92 Å². The van der Waals surface area contributed by atoms with Gasteiger partial charge >= 0.3 is 0 Å². The Balaban J connectivity index is 2.23. The van der Waals surface area contributed by atoms with Gasteiger partial charge in [-0.1, -0.05) is 6.92 Å². The van der Waals surface area contributed by atoms with E-state index in [1.807, 2.05) is 6.07 Å². The average Bonchev–Trinajstić information content (AvgIpc) is 2.59. The van der Waals surface area contributed by atoms with Crippen LogP contribution in [0, 0.1) is 5.92 Å². The maximum Gasteiger partial charge on any atom is 0.0963 e. The second-order valence-electron chi connectivity index (χ2n) is 3.89. The van der Waals surface area contributed by atoms with Crippen molar-refractivity contribution in [2.75, 3.05) is 0 Å². The molecule has 1 heterocycles. The molecule has 66 valence electrons. The average molecular weight is 166 g/mol.